The van der Waals surface area contributed by atoms with E-state index < -0.39 is 5.41 Å². The number of anilines is 1. The minimum Gasteiger partial charge on any atom is -0.370 e. The number of benzene rings is 1. The first kappa shape index (κ1) is 15.6. The number of amides is 1. The Morgan fingerprint density at radius 1 is 1.16 bits per heavy atom. The Hall–Kier alpha value is -2.95. The largest absolute Gasteiger partial charge is 0.370 e. The van der Waals surface area contributed by atoms with E-state index in [9.17, 15) is 4.79 Å². The summed E-state index contributed by atoms with van der Waals surface area (Å²) in [5.41, 5.74) is 7.92. The van der Waals surface area contributed by atoms with Crippen LogP contribution >= 0.6 is 0 Å². The Morgan fingerprint density at radius 3 is 2.56 bits per heavy atom. The number of rotatable bonds is 5. The first-order valence-corrected chi connectivity index (χ1v) is 8.54. The fourth-order valence-electron chi connectivity index (χ4n) is 3.31. The van der Waals surface area contributed by atoms with Crippen LogP contribution in [0.3, 0.4) is 0 Å². The van der Waals surface area contributed by atoms with Crippen LogP contribution in [0.2, 0.25) is 0 Å². The van der Waals surface area contributed by atoms with Crippen LogP contribution in [0.1, 0.15) is 25.5 Å². The molecule has 1 saturated carbocycles. The third kappa shape index (κ3) is 2.52. The SMILES string of the molecule is CCNc1ncc(-c2ccccc2)c2cc(C3(C(N)=O)CC3)ncc12. The van der Waals surface area contributed by atoms with E-state index in [1.54, 1.807) is 0 Å². The molecule has 25 heavy (non-hydrogen) atoms. The summed E-state index contributed by atoms with van der Waals surface area (Å²) in [5, 5.41) is 5.27. The molecule has 0 atom stereocenters. The highest BCUT2D eigenvalue weighted by molar-refractivity contribution is 6.02. The molecule has 1 fully saturated rings. The summed E-state index contributed by atoms with van der Waals surface area (Å²) >= 11 is 0. The predicted octanol–water partition coefficient (Wildman–Crippen LogP) is 3.25. The number of carbonyl (C=O) groups excluding carboxylic acids is 1. The summed E-state index contributed by atoms with van der Waals surface area (Å²) in [6.07, 6.45) is 5.23. The number of aromatic nitrogens is 2. The zero-order valence-electron chi connectivity index (χ0n) is 14.1. The lowest BCUT2D eigenvalue weighted by Crippen LogP contribution is -2.29. The number of nitrogens with one attached hydrogen (secondary N) is 1. The van der Waals surface area contributed by atoms with Crippen molar-refractivity contribution in [3.05, 3.63) is 54.5 Å². The van der Waals surface area contributed by atoms with Gasteiger partial charge in [-0.2, -0.15) is 0 Å². The van der Waals surface area contributed by atoms with Crippen LogP contribution in [0.4, 0.5) is 5.82 Å². The van der Waals surface area contributed by atoms with Gasteiger partial charge >= 0.3 is 0 Å². The average Bonchev–Trinajstić information content (AvgIpc) is 3.44. The smallest absolute Gasteiger partial charge is 0.229 e. The molecule has 0 bridgehead atoms. The van der Waals surface area contributed by atoms with Crippen LogP contribution in [0.15, 0.2) is 48.8 Å². The molecule has 2 heterocycles. The second-order valence-corrected chi connectivity index (χ2v) is 6.48. The van der Waals surface area contributed by atoms with Crippen molar-refractivity contribution in [2.75, 3.05) is 11.9 Å². The molecule has 1 amide bonds. The number of primary amides is 1. The molecule has 1 aliphatic carbocycles. The van der Waals surface area contributed by atoms with E-state index in [-0.39, 0.29) is 5.91 Å². The molecular weight excluding hydrogens is 312 g/mol. The van der Waals surface area contributed by atoms with Crippen molar-refractivity contribution < 1.29 is 4.79 Å². The van der Waals surface area contributed by atoms with Crippen molar-refractivity contribution in [1.82, 2.24) is 9.97 Å². The Bertz CT molecular complexity index is 949. The van der Waals surface area contributed by atoms with Gasteiger partial charge in [0.2, 0.25) is 5.91 Å². The molecule has 1 aromatic carbocycles. The van der Waals surface area contributed by atoms with E-state index in [0.29, 0.717) is 0 Å². The number of hydrogen-bond donors (Lipinski definition) is 2. The molecule has 0 saturated heterocycles. The van der Waals surface area contributed by atoms with Gasteiger partial charge in [0.1, 0.15) is 5.82 Å². The molecular formula is C20H20N4O. The van der Waals surface area contributed by atoms with E-state index in [1.165, 1.54) is 0 Å². The Morgan fingerprint density at radius 2 is 1.92 bits per heavy atom. The highest BCUT2D eigenvalue weighted by Gasteiger charge is 2.51. The Kier molecular flexibility index (Phi) is 3.64. The van der Waals surface area contributed by atoms with E-state index in [1.807, 2.05) is 43.6 Å². The van der Waals surface area contributed by atoms with E-state index in [4.69, 9.17) is 5.73 Å². The standard InChI is InChI=1S/C20H20N4O/c1-2-22-18-16-12-23-17(20(8-9-20)19(21)25)10-14(16)15(11-24-18)13-6-4-3-5-7-13/h3-7,10-12H,2,8-9H2,1H3,(H2,21,25)(H,22,24). The minimum atomic E-state index is -0.593. The van der Waals surface area contributed by atoms with Gasteiger partial charge in [-0.25, -0.2) is 4.98 Å². The van der Waals surface area contributed by atoms with Gasteiger partial charge in [-0.3, -0.25) is 9.78 Å². The van der Waals surface area contributed by atoms with Gasteiger partial charge < -0.3 is 11.1 Å². The van der Waals surface area contributed by atoms with Gasteiger partial charge in [0.25, 0.3) is 0 Å². The van der Waals surface area contributed by atoms with Crippen LogP contribution in [-0.2, 0) is 10.2 Å². The van der Waals surface area contributed by atoms with Crippen molar-refractivity contribution in [2.24, 2.45) is 5.73 Å². The van der Waals surface area contributed by atoms with Gasteiger partial charge in [-0.05, 0) is 36.8 Å². The van der Waals surface area contributed by atoms with Crippen molar-refractivity contribution in [2.45, 2.75) is 25.2 Å². The molecule has 2 aromatic heterocycles. The number of carbonyl (C=O) groups is 1. The normalized spacial score (nSPS) is 15.1. The van der Waals surface area contributed by atoms with Gasteiger partial charge in [-0.1, -0.05) is 30.3 Å². The van der Waals surface area contributed by atoms with Crippen LogP contribution in [0.25, 0.3) is 21.9 Å². The third-order valence-corrected chi connectivity index (χ3v) is 4.91. The second-order valence-electron chi connectivity index (χ2n) is 6.48. The number of hydrogen-bond acceptors (Lipinski definition) is 4. The van der Waals surface area contributed by atoms with E-state index in [2.05, 4.69) is 27.4 Å². The Balaban J connectivity index is 1.96. The van der Waals surface area contributed by atoms with Crippen molar-refractivity contribution in [1.29, 1.82) is 0 Å². The molecule has 5 heteroatoms. The maximum Gasteiger partial charge on any atom is 0.229 e. The summed E-state index contributed by atoms with van der Waals surface area (Å²) < 4.78 is 0. The van der Waals surface area contributed by atoms with Crippen LogP contribution in [-0.4, -0.2) is 22.4 Å². The fraction of sp³-hybridized carbons (Fsp3) is 0.250. The van der Waals surface area contributed by atoms with Crippen molar-refractivity contribution in [3.8, 4) is 11.1 Å². The molecule has 0 aliphatic heterocycles. The third-order valence-electron chi connectivity index (χ3n) is 4.91. The van der Waals surface area contributed by atoms with Gasteiger partial charge in [-0.15, -0.1) is 0 Å². The maximum atomic E-state index is 11.9. The van der Waals surface area contributed by atoms with E-state index in [0.717, 1.165) is 52.8 Å². The quantitative estimate of drug-likeness (QED) is 0.751. The highest BCUT2D eigenvalue weighted by atomic mass is 16.1. The second kappa shape index (κ2) is 5.84. The van der Waals surface area contributed by atoms with Gasteiger partial charge in [0.15, 0.2) is 0 Å². The fourth-order valence-corrected chi connectivity index (χ4v) is 3.31. The summed E-state index contributed by atoms with van der Waals surface area (Å²) in [6, 6.07) is 12.1. The summed E-state index contributed by atoms with van der Waals surface area (Å²) in [4.78, 5) is 21.0. The van der Waals surface area contributed by atoms with Gasteiger partial charge in [0.05, 0.1) is 11.1 Å². The lowest BCUT2D eigenvalue weighted by Gasteiger charge is -2.15. The van der Waals surface area contributed by atoms with Crippen LogP contribution < -0.4 is 11.1 Å². The molecule has 126 valence electrons. The van der Waals surface area contributed by atoms with Crippen LogP contribution in [0, 0.1) is 0 Å². The minimum absolute atomic E-state index is 0.290. The topological polar surface area (TPSA) is 80.9 Å². The van der Waals surface area contributed by atoms with Crippen molar-refractivity contribution in [3.63, 3.8) is 0 Å². The first-order valence-electron chi connectivity index (χ1n) is 8.54. The number of nitrogens with two attached hydrogens (primary N) is 1. The first-order chi connectivity index (χ1) is 12.2. The monoisotopic (exact) mass is 332 g/mol. The number of fused-ring (bicyclic) bond motifs is 1. The van der Waals surface area contributed by atoms with E-state index >= 15 is 0 Å². The molecule has 3 N–H and O–H groups in total. The average molecular weight is 332 g/mol. The van der Waals surface area contributed by atoms with Crippen molar-refractivity contribution >= 4 is 22.5 Å². The molecule has 5 nitrogen and oxygen atoms in total. The lowest BCUT2D eigenvalue weighted by molar-refractivity contribution is -0.120. The molecule has 3 aromatic rings. The lowest BCUT2D eigenvalue weighted by atomic mass is 9.96. The zero-order valence-corrected chi connectivity index (χ0v) is 14.1. The molecule has 1 aliphatic rings. The van der Waals surface area contributed by atoms with Gasteiger partial charge in [0, 0.05) is 29.9 Å². The molecule has 0 radical (unpaired) electrons. The van der Waals surface area contributed by atoms with Crippen LogP contribution in [0.5, 0.6) is 0 Å². The maximum absolute atomic E-state index is 11.9. The number of pyridine rings is 2. The highest BCUT2D eigenvalue weighted by Crippen LogP contribution is 2.48. The Labute approximate surface area is 146 Å². The summed E-state index contributed by atoms with van der Waals surface area (Å²) in [5.74, 6) is 0.515. The molecule has 0 spiro atoms. The number of nitrogens with zero attached hydrogens (tertiary/aromatic N) is 2. The summed E-state index contributed by atoms with van der Waals surface area (Å²) in [6.45, 7) is 2.81. The molecule has 4 rings (SSSR count). The summed E-state index contributed by atoms with van der Waals surface area (Å²) in [7, 11) is 0. The predicted molar refractivity (Wildman–Crippen MR) is 99.2 cm³/mol. The zero-order chi connectivity index (χ0) is 17.4. The molecule has 0 unspecified atom stereocenters.